The molecule has 0 aliphatic heterocycles. The van der Waals surface area contributed by atoms with Gasteiger partial charge in [0.1, 0.15) is 5.82 Å². The highest BCUT2D eigenvalue weighted by molar-refractivity contribution is 6.31. The summed E-state index contributed by atoms with van der Waals surface area (Å²) in [6.07, 6.45) is 4.97. The SMILES string of the molecule is OC[C@H]1C=C[C@@H](NCc2ccc(F)cc2Cl)C1. The first-order valence-corrected chi connectivity index (χ1v) is 6.03. The minimum Gasteiger partial charge on any atom is -0.396 e. The van der Waals surface area contributed by atoms with Gasteiger partial charge in [-0.2, -0.15) is 0 Å². The fraction of sp³-hybridized carbons (Fsp3) is 0.385. The summed E-state index contributed by atoms with van der Waals surface area (Å²) in [5.74, 6) is -0.0731. The average molecular weight is 256 g/mol. The Balaban J connectivity index is 1.88. The van der Waals surface area contributed by atoms with Crippen molar-refractivity contribution >= 4 is 11.6 Å². The molecule has 92 valence electrons. The molecule has 1 aromatic carbocycles. The molecule has 4 heteroatoms. The Hall–Kier alpha value is -0.900. The maximum atomic E-state index is 12.8. The molecule has 0 saturated carbocycles. The number of nitrogens with one attached hydrogen (secondary N) is 1. The lowest BCUT2D eigenvalue weighted by atomic mass is 10.1. The second kappa shape index (κ2) is 5.63. The van der Waals surface area contributed by atoms with Crippen molar-refractivity contribution in [2.24, 2.45) is 5.92 Å². The molecule has 1 aromatic rings. The zero-order chi connectivity index (χ0) is 12.3. The van der Waals surface area contributed by atoms with Crippen LogP contribution in [0.5, 0.6) is 0 Å². The monoisotopic (exact) mass is 255 g/mol. The Morgan fingerprint density at radius 3 is 2.88 bits per heavy atom. The van der Waals surface area contributed by atoms with Crippen LogP contribution in [0, 0.1) is 11.7 Å². The predicted octanol–water partition coefficient (Wildman–Crippen LogP) is 2.51. The zero-order valence-electron chi connectivity index (χ0n) is 9.37. The molecule has 1 aliphatic carbocycles. The van der Waals surface area contributed by atoms with Crippen LogP contribution in [-0.2, 0) is 6.54 Å². The van der Waals surface area contributed by atoms with Gasteiger partial charge in [-0.3, -0.25) is 0 Å². The molecule has 2 atom stereocenters. The van der Waals surface area contributed by atoms with Crippen molar-refractivity contribution in [3.63, 3.8) is 0 Å². The molecule has 0 aromatic heterocycles. The number of rotatable bonds is 4. The number of aliphatic hydroxyl groups excluding tert-OH is 1. The van der Waals surface area contributed by atoms with Crippen LogP contribution in [-0.4, -0.2) is 17.8 Å². The maximum Gasteiger partial charge on any atom is 0.124 e. The van der Waals surface area contributed by atoms with E-state index >= 15 is 0 Å². The van der Waals surface area contributed by atoms with Crippen LogP contribution < -0.4 is 5.32 Å². The van der Waals surface area contributed by atoms with E-state index in [1.54, 1.807) is 6.07 Å². The van der Waals surface area contributed by atoms with Gasteiger partial charge in [-0.25, -0.2) is 4.39 Å². The molecule has 1 aliphatic rings. The Labute approximate surface area is 105 Å². The minimum atomic E-state index is -0.320. The standard InChI is InChI=1S/C13H15ClFNO/c14-13-6-11(15)3-2-10(13)7-16-12-4-1-9(5-12)8-17/h1-4,6,9,12,16-17H,5,7-8H2/t9-,12+/m0/s1. The Morgan fingerprint density at radius 2 is 2.24 bits per heavy atom. The number of halogens is 2. The van der Waals surface area contributed by atoms with Gasteiger partial charge in [0.05, 0.1) is 0 Å². The van der Waals surface area contributed by atoms with Crippen LogP contribution in [0.2, 0.25) is 5.02 Å². The molecule has 2 N–H and O–H groups in total. The summed E-state index contributed by atoms with van der Waals surface area (Å²) in [5, 5.41) is 12.8. The quantitative estimate of drug-likeness (QED) is 0.811. The van der Waals surface area contributed by atoms with Crippen molar-refractivity contribution in [2.45, 2.75) is 19.0 Å². The van der Waals surface area contributed by atoms with E-state index in [-0.39, 0.29) is 24.4 Å². The third-order valence-corrected chi connectivity index (χ3v) is 3.33. The molecule has 0 spiro atoms. The van der Waals surface area contributed by atoms with Gasteiger partial charge < -0.3 is 10.4 Å². The highest BCUT2D eigenvalue weighted by atomic mass is 35.5. The molecule has 0 amide bonds. The fourth-order valence-electron chi connectivity index (χ4n) is 1.97. The van der Waals surface area contributed by atoms with Crippen molar-refractivity contribution in [2.75, 3.05) is 6.61 Å². The number of aliphatic hydroxyl groups is 1. The number of hydrogen-bond donors (Lipinski definition) is 2. The molecule has 0 bridgehead atoms. The van der Waals surface area contributed by atoms with Crippen molar-refractivity contribution in [3.05, 3.63) is 46.8 Å². The summed E-state index contributed by atoms with van der Waals surface area (Å²) < 4.78 is 12.8. The van der Waals surface area contributed by atoms with E-state index in [1.807, 2.05) is 6.08 Å². The molecule has 0 heterocycles. The zero-order valence-corrected chi connectivity index (χ0v) is 10.1. The number of benzene rings is 1. The first-order valence-electron chi connectivity index (χ1n) is 5.65. The summed E-state index contributed by atoms with van der Waals surface area (Å²) in [4.78, 5) is 0. The van der Waals surface area contributed by atoms with E-state index in [1.165, 1.54) is 12.1 Å². The van der Waals surface area contributed by atoms with E-state index in [9.17, 15) is 4.39 Å². The van der Waals surface area contributed by atoms with Gasteiger partial charge in [-0.15, -0.1) is 0 Å². The van der Waals surface area contributed by atoms with E-state index < -0.39 is 0 Å². The smallest absolute Gasteiger partial charge is 0.124 e. The highest BCUT2D eigenvalue weighted by Gasteiger charge is 2.17. The van der Waals surface area contributed by atoms with Gasteiger partial charge >= 0.3 is 0 Å². The van der Waals surface area contributed by atoms with Crippen molar-refractivity contribution in [1.29, 1.82) is 0 Å². The van der Waals surface area contributed by atoms with E-state index in [4.69, 9.17) is 16.7 Å². The lowest BCUT2D eigenvalue weighted by Gasteiger charge is -2.13. The normalized spacial score (nSPS) is 23.2. The Kier molecular flexibility index (Phi) is 4.15. The Morgan fingerprint density at radius 1 is 1.41 bits per heavy atom. The second-order valence-electron chi connectivity index (χ2n) is 4.29. The summed E-state index contributed by atoms with van der Waals surface area (Å²) in [6, 6.07) is 4.67. The van der Waals surface area contributed by atoms with Crippen molar-refractivity contribution in [3.8, 4) is 0 Å². The van der Waals surface area contributed by atoms with Crippen LogP contribution in [0.3, 0.4) is 0 Å². The van der Waals surface area contributed by atoms with Crippen LogP contribution in [0.15, 0.2) is 30.4 Å². The largest absolute Gasteiger partial charge is 0.396 e. The minimum absolute atomic E-state index is 0.186. The molecule has 2 nitrogen and oxygen atoms in total. The van der Waals surface area contributed by atoms with Gasteiger partial charge in [0.15, 0.2) is 0 Å². The average Bonchev–Trinajstić information content (AvgIpc) is 2.76. The van der Waals surface area contributed by atoms with Crippen molar-refractivity contribution < 1.29 is 9.50 Å². The van der Waals surface area contributed by atoms with Crippen molar-refractivity contribution in [1.82, 2.24) is 5.32 Å². The summed E-state index contributed by atoms with van der Waals surface area (Å²) in [5.41, 5.74) is 0.883. The molecule has 0 fully saturated rings. The van der Waals surface area contributed by atoms with E-state index in [0.717, 1.165) is 12.0 Å². The van der Waals surface area contributed by atoms with E-state index in [2.05, 4.69) is 11.4 Å². The lowest BCUT2D eigenvalue weighted by Crippen LogP contribution is -2.26. The summed E-state index contributed by atoms with van der Waals surface area (Å²) in [6.45, 7) is 0.790. The van der Waals surface area contributed by atoms with Gasteiger partial charge in [-0.1, -0.05) is 29.8 Å². The van der Waals surface area contributed by atoms with E-state index in [0.29, 0.717) is 11.6 Å². The molecule has 2 rings (SSSR count). The second-order valence-corrected chi connectivity index (χ2v) is 4.69. The number of hydrogen-bond acceptors (Lipinski definition) is 2. The first-order chi connectivity index (χ1) is 8.19. The van der Waals surface area contributed by atoms with Gasteiger partial charge in [-0.05, 0) is 24.1 Å². The van der Waals surface area contributed by atoms with Crippen LogP contribution in [0.1, 0.15) is 12.0 Å². The third kappa shape index (κ3) is 3.28. The topological polar surface area (TPSA) is 32.3 Å². The molecular formula is C13H15ClFNO. The fourth-order valence-corrected chi connectivity index (χ4v) is 2.20. The molecule has 0 saturated heterocycles. The predicted molar refractivity (Wildman–Crippen MR) is 66.4 cm³/mol. The molecule has 0 radical (unpaired) electrons. The van der Waals surface area contributed by atoms with Gasteiger partial charge in [0, 0.05) is 30.1 Å². The summed E-state index contributed by atoms with van der Waals surface area (Å²) in [7, 11) is 0. The van der Waals surface area contributed by atoms with Crippen LogP contribution in [0.25, 0.3) is 0 Å². The maximum absolute atomic E-state index is 12.8. The first kappa shape index (κ1) is 12.6. The van der Waals surface area contributed by atoms with Crippen LogP contribution >= 0.6 is 11.6 Å². The molecule has 0 unspecified atom stereocenters. The lowest BCUT2D eigenvalue weighted by molar-refractivity contribution is 0.246. The molecule has 17 heavy (non-hydrogen) atoms. The Bertz CT molecular complexity index is 422. The van der Waals surface area contributed by atoms with Crippen LogP contribution in [0.4, 0.5) is 4.39 Å². The summed E-state index contributed by atoms with van der Waals surface area (Å²) >= 11 is 5.93. The van der Waals surface area contributed by atoms with Gasteiger partial charge in [0.2, 0.25) is 0 Å². The highest BCUT2D eigenvalue weighted by Crippen LogP contribution is 2.20. The van der Waals surface area contributed by atoms with Gasteiger partial charge in [0.25, 0.3) is 0 Å². The third-order valence-electron chi connectivity index (χ3n) is 2.98. The molecular weight excluding hydrogens is 241 g/mol.